The van der Waals surface area contributed by atoms with E-state index in [-0.39, 0.29) is 0 Å². The van der Waals surface area contributed by atoms with Crippen molar-refractivity contribution in [3.8, 4) is 28.3 Å². The van der Waals surface area contributed by atoms with Crippen LogP contribution < -0.4 is 10.1 Å². The zero-order valence-electron chi connectivity index (χ0n) is 23.8. The number of nitrogens with zero attached hydrogens (tertiary/aromatic N) is 6. The van der Waals surface area contributed by atoms with E-state index in [0.29, 0.717) is 86.5 Å². The number of carboxylic acid groups (broad SMARTS) is 1. The Bertz CT molecular complexity index is 1740. The van der Waals surface area contributed by atoms with Crippen molar-refractivity contribution >= 4 is 65.0 Å². The van der Waals surface area contributed by atoms with Crippen molar-refractivity contribution < 1.29 is 14.6 Å². The molecule has 10 nitrogen and oxygen atoms in total. The number of carboxylic acids is 1. The van der Waals surface area contributed by atoms with Crippen LogP contribution in [0, 0.1) is 5.41 Å². The maximum Gasteiger partial charge on any atom is 0.311 e. The number of aromatic nitrogens is 3. The summed E-state index contributed by atoms with van der Waals surface area (Å²) >= 11 is 13.9. The Balaban J connectivity index is 1.44. The lowest BCUT2D eigenvalue weighted by Crippen LogP contribution is -2.58. The lowest BCUT2D eigenvalue weighted by molar-refractivity contribution is -0.159. The molecule has 0 saturated carbocycles. The number of ether oxygens (including phenoxy) is 1. The molecule has 0 bridgehead atoms. The van der Waals surface area contributed by atoms with Crippen LogP contribution in [-0.2, 0) is 11.3 Å². The Morgan fingerprint density at radius 2 is 1.84 bits per heavy atom. The molecule has 1 fully saturated rings. The molecule has 3 heterocycles. The second-order valence-corrected chi connectivity index (χ2v) is 11.0. The van der Waals surface area contributed by atoms with Gasteiger partial charge in [-0.25, -0.2) is 9.97 Å². The molecule has 12 heteroatoms. The molecule has 2 aromatic heterocycles. The van der Waals surface area contributed by atoms with Crippen molar-refractivity contribution in [1.82, 2.24) is 19.9 Å². The number of methoxy groups -OCH3 is 1. The fourth-order valence-corrected chi connectivity index (χ4v) is 5.63. The fourth-order valence-electron chi connectivity index (χ4n) is 5.03. The monoisotopic (exact) mass is 617 g/mol. The molecule has 0 atom stereocenters. The number of likely N-dealkylation sites (tertiary alicyclic amines) is 1. The zero-order chi connectivity index (χ0) is 30.7. The fraction of sp³-hybridized carbons (Fsp3) is 0.226. The average Bonchev–Trinajstić information content (AvgIpc) is 2.98. The van der Waals surface area contributed by atoms with Gasteiger partial charge >= 0.3 is 5.97 Å². The Morgan fingerprint density at radius 1 is 1.14 bits per heavy atom. The van der Waals surface area contributed by atoms with Gasteiger partial charge in [0.25, 0.3) is 0 Å². The van der Waals surface area contributed by atoms with Gasteiger partial charge in [0.05, 0.1) is 45.8 Å². The standard InChI is InChI=1S/C31H29Cl2N7O3/c1-5-35-22-12-13-36-28(27(22)34-3)38-21-11-7-9-19(26(21)33)18-8-6-10-20(25(18)32)23-14-37-24(29(39-23)43-4)15-40-16-31(2,17-40)30(41)42/h5-14H,3,15-17H2,1-2,4H3,(H,36,38)(H,41,42). The summed E-state index contributed by atoms with van der Waals surface area (Å²) in [5, 5.41) is 13.5. The molecule has 2 N–H and O–H groups in total. The molecule has 0 amide bonds. The summed E-state index contributed by atoms with van der Waals surface area (Å²) in [6.45, 7) is 8.50. The minimum Gasteiger partial charge on any atom is -0.481 e. The van der Waals surface area contributed by atoms with Gasteiger partial charge in [0, 0.05) is 48.7 Å². The number of hydrogen-bond acceptors (Lipinski definition) is 9. The number of hydrogen-bond donors (Lipinski definition) is 2. The highest BCUT2D eigenvalue weighted by Gasteiger charge is 2.45. The first-order valence-electron chi connectivity index (χ1n) is 13.3. The number of pyridine rings is 1. The van der Waals surface area contributed by atoms with E-state index in [1.54, 1.807) is 31.6 Å². The van der Waals surface area contributed by atoms with Gasteiger partial charge in [-0.1, -0.05) is 53.5 Å². The van der Waals surface area contributed by atoms with Crippen LogP contribution in [-0.4, -0.2) is 64.1 Å². The van der Waals surface area contributed by atoms with Crippen LogP contribution in [0.15, 0.2) is 64.8 Å². The van der Waals surface area contributed by atoms with E-state index in [4.69, 9.17) is 27.9 Å². The highest BCUT2D eigenvalue weighted by atomic mass is 35.5. The molecular weight excluding hydrogens is 589 g/mol. The smallest absolute Gasteiger partial charge is 0.311 e. The van der Waals surface area contributed by atoms with Crippen LogP contribution in [0.4, 0.5) is 22.9 Å². The van der Waals surface area contributed by atoms with Crippen molar-refractivity contribution in [3.05, 3.63) is 70.6 Å². The van der Waals surface area contributed by atoms with Crippen molar-refractivity contribution in [3.63, 3.8) is 0 Å². The first-order valence-corrected chi connectivity index (χ1v) is 14.1. The second kappa shape index (κ2) is 12.5. The van der Waals surface area contributed by atoms with E-state index < -0.39 is 11.4 Å². The SMILES string of the molecule is C=Nc1c(N=CC)ccnc1Nc1cccc(-c2cccc(-c3cnc(CN4CC(C)(C(=O)O)C4)c(OC)n3)c2Cl)c1Cl. The predicted octanol–water partition coefficient (Wildman–Crippen LogP) is 7.23. The van der Waals surface area contributed by atoms with E-state index in [1.807, 2.05) is 48.2 Å². The Labute approximate surface area is 259 Å². The molecular formula is C31H29Cl2N7O3. The molecule has 0 aliphatic carbocycles. The van der Waals surface area contributed by atoms with Crippen LogP contribution in [0.5, 0.6) is 5.88 Å². The average molecular weight is 619 g/mol. The summed E-state index contributed by atoms with van der Waals surface area (Å²) in [7, 11) is 1.53. The number of anilines is 2. The summed E-state index contributed by atoms with van der Waals surface area (Å²) in [6, 6.07) is 12.9. The first kappa shape index (κ1) is 30.1. The van der Waals surface area contributed by atoms with Crippen LogP contribution >= 0.6 is 23.2 Å². The van der Waals surface area contributed by atoms with Gasteiger partial charge in [-0.3, -0.25) is 24.7 Å². The molecule has 43 heavy (non-hydrogen) atoms. The first-order chi connectivity index (χ1) is 20.7. The van der Waals surface area contributed by atoms with Gasteiger partial charge in [0.2, 0.25) is 5.88 Å². The van der Waals surface area contributed by atoms with E-state index in [0.717, 1.165) is 0 Å². The second-order valence-electron chi connectivity index (χ2n) is 10.3. The van der Waals surface area contributed by atoms with E-state index in [9.17, 15) is 9.90 Å². The van der Waals surface area contributed by atoms with Crippen molar-refractivity contribution in [2.24, 2.45) is 15.4 Å². The molecule has 5 rings (SSSR count). The van der Waals surface area contributed by atoms with E-state index in [1.165, 1.54) is 7.11 Å². The molecule has 220 valence electrons. The number of nitrogens with one attached hydrogen (secondary N) is 1. The third kappa shape index (κ3) is 5.94. The van der Waals surface area contributed by atoms with Gasteiger partial charge in [-0.05, 0) is 32.7 Å². The Kier molecular flexibility index (Phi) is 8.72. The normalized spacial score (nSPS) is 14.3. The Morgan fingerprint density at radius 3 is 2.51 bits per heavy atom. The summed E-state index contributed by atoms with van der Waals surface area (Å²) in [4.78, 5) is 35.6. The number of aliphatic carboxylic acids is 1. The molecule has 2 aromatic carbocycles. The molecule has 1 aliphatic rings. The maximum atomic E-state index is 11.5. The lowest BCUT2D eigenvalue weighted by atomic mass is 9.82. The van der Waals surface area contributed by atoms with Crippen LogP contribution in [0.3, 0.4) is 0 Å². The molecule has 1 aliphatic heterocycles. The molecule has 0 radical (unpaired) electrons. The van der Waals surface area contributed by atoms with Gasteiger partial charge in [0.1, 0.15) is 11.4 Å². The van der Waals surface area contributed by atoms with E-state index >= 15 is 0 Å². The maximum absolute atomic E-state index is 11.5. The third-order valence-corrected chi connectivity index (χ3v) is 8.00. The lowest BCUT2D eigenvalue weighted by Gasteiger charge is -2.44. The minimum atomic E-state index is -0.806. The summed E-state index contributed by atoms with van der Waals surface area (Å²) < 4.78 is 5.55. The number of aliphatic imine (C=N–C) groups is 2. The number of carbonyl (C=O) groups is 1. The van der Waals surface area contributed by atoms with Crippen LogP contribution in [0.2, 0.25) is 10.0 Å². The van der Waals surface area contributed by atoms with Gasteiger partial charge in [-0.15, -0.1) is 0 Å². The van der Waals surface area contributed by atoms with E-state index in [2.05, 4.69) is 37.0 Å². The number of benzene rings is 2. The van der Waals surface area contributed by atoms with Gasteiger partial charge in [0.15, 0.2) is 5.82 Å². The predicted molar refractivity (Wildman–Crippen MR) is 171 cm³/mol. The van der Waals surface area contributed by atoms with Crippen molar-refractivity contribution in [2.45, 2.75) is 20.4 Å². The molecule has 0 unspecified atom stereocenters. The number of halogens is 2. The largest absolute Gasteiger partial charge is 0.481 e. The van der Waals surface area contributed by atoms with Gasteiger partial charge in [-0.2, -0.15) is 0 Å². The minimum absolute atomic E-state index is 0.348. The molecule has 0 spiro atoms. The zero-order valence-corrected chi connectivity index (χ0v) is 25.3. The quantitative estimate of drug-likeness (QED) is 0.179. The van der Waals surface area contributed by atoms with Crippen molar-refractivity contribution in [1.29, 1.82) is 0 Å². The highest BCUT2D eigenvalue weighted by Crippen LogP contribution is 2.43. The molecule has 4 aromatic rings. The van der Waals surface area contributed by atoms with Gasteiger partial charge < -0.3 is 15.2 Å². The topological polar surface area (TPSA) is 125 Å². The third-order valence-electron chi connectivity index (χ3n) is 7.19. The molecule has 1 saturated heterocycles. The summed E-state index contributed by atoms with van der Waals surface area (Å²) in [5.74, 6) is 0.00496. The summed E-state index contributed by atoms with van der Waals surface area (Å²) in [6.07, 6.45) is 4.95. The van der Waals surface area contributed by atoms with Crippen LogP contribution in [0.1, 0.15) is 19.5 Å². The summed E-state index contributed by atoms with van der Waals surface area (Å²) in [5.41, 5.74) is 4.17. The highest BCUT2D eigenvalue weighted by molar-refractivity contribution is 6.39. The Hall–Kier alpha value is -4.38. The van der Waals surface area contributed by atoms with Crippen LogP contribution in [0.25, 0.3) is 22.4 Å². The number of rotatable bonds is 10. The van der Waals surface area contributed by atoms with Crippen molar-refractivity contribution in [2.75, 3.05) is 25.5 Å².